The predicted octanol–water partition coefficient (Wildman–Crippen LogP) is 3.14. The van der Waals surface area contributed by atoms with Gasteiger partial charge in [0.25, 0.3) is 5.91 Å². The SMILES string of the molecule is CCOC(=O)NC(=O)COc1ccc(Cl)c2ccccc12. The number of carbonyl (C=O) groups excluding carboxylic acids is 2. The van der Waals surface area contributed by atoms with Gasteiger partial charge in [0.1, 0.15) is 5.75 Å². The summed E-state index contributed by atoms with van der Waals surface area (Å²) in [5, 5.41) is 4.30. The zero-order chi connectivity index (χ0) is 15.2. The summed E-state index contributed by atoms with van der Waals surface area (Å²) in [6, 6.07) is 10.8. The quantitative estimate of drug-likeness (QED) is 0.942. The number of ether oxygens (including phenoxy) is 2. The van der Waals surface area contributed by atoms with Gasteiger partial charge in [-0.2, -0.15) is 0 Å². The molecule has 5 nitrogen and oxygen atoms in total. The average Bonchev–Trinajstić information content (AvgIpc) is 2.47. The second-order valence-corrected chi connectivity index (χ2v) is 4.56. The highest BCUT2D eigenvalue weighted by molar-refractivity contribution is 6.35. The number of benzene rings is 2. The predicted molar refractivity (Wildman–Crippen MR) is 79.6 cm³/mol. The standard InChI is InChI=1S/C15H14ClNO4/c1-2-20-15(19)17-14(18)9-21-13-8-7-12(16)10-5-3-4-6-11(10)13/h3-8H,2,9H2,1H3,(H,17,18,19). The van der Waals surface area contributed by atoms with Crippen molar-refractivity contribution in [1.29, 1.82) is 0 Å². The van der Waals surface area contributed by atoms with Gasteiger partial charge < -0.3 is 9.47 Å². The summed E-state index contributed by atoms with van der Waals surface area (Å²) in [5.74, 6) is -0.0542. The lowest BCUT2D eigenvalue weighted by molar-refractivity contribution is -0.122. The lowest BCUT2D eigenvalue weighted by atomic mass is 10.1. The Labute approximate surface area is 126 Å². The molecule has 0 radical (unpaired) electrons. The topological polar surface area (TPSA) is 64.6 Å². The summed E-state index contributed by atoms with van der Waals surface area (Å²) in [7, 11) is 0. The van der Waals surface area contributed by atoms with E-state index >= 15 is 0 Å². The van der Waals surface area contributed by atoms with Gasteiger partial charge in [-0.25, -0.2) is 4.79 Å². The van der Waals surface area contributed by atoms with Crippen molar-refractivity contribution in [2.45, 2.75) is 6.92 Å². The van der Waals surface area contributed by atoms with Gasteiger partial charge in [0.2, 0.25) is 0 Å². The molecule has 0 aliphatic rings. The second-order valence-electron chi connectivity index (χ2n) is 4.15. The number of halogens is 1. The number of carbonyl (C=O) groups is 2. The Balaban J connectivity index is 2.06. The fourth-order valence-corrected chi connectivity index (χ4v) is 2.05. The molecule has 0 saturated carbocycles. The van der Waals surface area contributed by atoms with Gasteiger partial charge in [0.15, 0.2) is 6.61 Å². The van der Waals surface area contributed by atoms with E-state index in [-0.39, 0.29) is 13.2 Å². The van der Waals surface area contributed by atoms with Gasteiger partial charge in [-0.1, -0.05) is 35.9 Å². The molecule has 0 aliphatic heterocycles. The summed E-state index contributed by atoms with van der Waals surface area (Å²) in [4.78, 5) is 22.6. The smallest absolute Gasteiger partial charge is 0.413 e. The minimum absolute atomic E-state index is 0.196. The maximum atomic E-state index is 11.5. The molecule has 0 aromatic heterocycles. The van der Waals surface area contributed by atoms with Crippen molar-refractivity contribution >= 4 is 34.4 Å². The Bertz CT molecular complexity index is 672. The number of rotatable bonds is 4. The van der Waals surface area contributed by atoms with Gasteiger partial charge in [0, 0.05) is 15.8 Å². The van der Waals surface area contributed by atoms with Crippen LogP contribution in [0.25, 0.3) is 10.8 Å². The van der Waals surface area contributed by atoms with E-state index in [4.69, 9.17) is 16.3 Å². The molecule has 2 aromatic rings. The molecule has 0 bridgehead atoms. The zero-order valence-electron chi connectivity index (χ0n) is 11.4. The maximum absolute atomic E-state index is 11.5. The number of nitrogens with one attached hydrogen (secondary N) is 1. The van der Waals surface area contributed by atoms with E-state index in [1.165, 1.54) is 0 Å². The molecule has 2 aromatic carbocycles. The van der Waals surface area contributed by atoms with Crippen LogP contribution in [-0.4, -0.2) is 25.2 Å². The van der Waals surface area contributed by atoms with Crippen LogP contribution in [-0.2, 0) is 9.53 Å². The Kier molecular flexibility index (Phi) is 5.00. The zero-order valence-corrected chi connectivity index (χ0v) is 12.1. The summed E-state index contributed by atoms with van der Waals surface area (Å²) in [5.41, 5.74) is 0. The molecule has 2 amide bonds. The van der Waals surface area contributed by atoms with E-state index in [1.54, 1.807) is 19.1 Å². The van der Waals surface area contributed by atoms with Crippen LogP contribution in [0.5, 0.6) is 5.75 Å². The number of alkyl carbamates (subject to hydrolysis) is 1. The summed E-state index contributed by atoms with van der Waals surface area (Å²) >= 11 is 6.10. The van der Waals surface area contributed by atoms with Gasteiger partial charge >= 0.3 is 6.09 Å². The summed E-state index contributed by atoms with van der Waals surface area (Å²) in [6.45, 7) is 1.56. The van der Waals surface area contributed by atoms with Crippen LogP contribution in [0, 0.1) is 0 Å². The normalized spacial score (nSPS) is 10.2. The number of amides is 2. The summed E-state index contributed by atoms with van der Waals surface area (Å²) < 4.78 is 10.0. The minimum Gasteiger partial charge on any atom is -0.483 e. The van der Waals surface area contributed by atoms with Crippen LogP contribution in [0.3, 0.4) is 0 Å². The lowest BCUT2D eigenvalue weighted by Gasteiger charge is -2.10. The molecule has 0 spiro atoms. The number of hydrogen-bond acceptors (Lipinski definition) is 4. The Morgan fingerprint density at radius 3 is 2.57 bits per heavy atom. The van der Waals surface area contributed by atoms with Crippen molar-refractivity contribution < 1.29 is 19.1 Å². The fourth-order valence-electron chi connectivity index (χ4n) is 1.82. The first kappa shape index (κ1) is 15.1. The van der Waals surface area contributed by atoms with E-state index in [2.05, 4.69) is 10.1 Å². The van der Waals surface area contributed by atoms with Crippen LogP contribution in [0.4, 0.5) is 4.79 Å². The lowest BCUT2D eigenvalue weighted by Crippen LogP contribution is -2.34. The molecule has 21 heavy (non-hydrogen) atoms. The maximum Gasteiger partial charge on any atom is 0.413 e. The van der Waals surface area contributed by atoms with Crippen molar-refractivity contribution in [3.05, 3.63) is 41.4 Å². The second kappa shape index (κ2) is 6.95. The highest BCUT2D eigenvalue weighted by Gasteiger charge is 2.10. The van der Waals surface area contributed by atoms with Gasteiger partial charge in [0.05, 0.1) is 6.61 Å². The van der Waals surface area contributed by atoms with Crippen molar-refractivity contribution in [3.63, 3.8) is 0 Å². The van der Waals surface area contributed by atoms with E-state index in [0.29, 0.717) is 10.8 Å². The van der Waals surface area contributed by atoms with Crippen LogP contribution < -0.4 is 10.1 Å². The third-order valence-electron chi connectivity index (χ3n) is 2.71. The van der Waals surface area contributed by atoms with E-state index < -0.39 is 12.0 Å². The van der Waals surface area contributed by atoms with Gasteiger partial charge in [-0.3, -0.25) is 10.1 Å². The van der Waals surface area contributed by atoms with Gasteiger partial charge in [-0.15, -0.1) is 0 Å². The average molecular weight is 308 g/mol. The highest BCUT2D eigenvalue weighted by Crippen LogP contribution is 2.31. The third-order valence-corrected chi connectivity index (χ3v) is 3.04. The first-order chi connectivity index (χ1) is 10.1. The Morgan fingerprint density at radius 1 is 1.14 bits per heavy atom. The molecule has 0 saturated heterocycles. The number of hydrogen-bond donors (Lipinski definition) is 1. The molecule has 0 heterocycles. The molecule has 0 atom stereocenters. The molecule has 0 fully saturated rings. The largest absolute Gasteiger partial charge is 0.483 e. The monoisotopic (exact) mass is 307 g/mol. The summed E-state index contributed by atoms with van der Waals surface area (Å²) in [6.07, 6.45) is -0.785. The van der Waals surface area contributed by atoms with Crippen molar-refractivity contribution in [1.82, 2.24) is 5.32 Å². The van der Waals surface area contributed by atoms with Crippen molar-refractivity contribution in [2.24, 2.45) is 0 Å². The molecule has 6 heteroatoms. The molecular weight excluding hydrogens is 294 g/mol. The number of fused-ring (bicyclic) bond motifs is 1. The van der Waals surface area contributed by atoms with Crippen molar-refractivity contribution in [2.75, 3.05) is 13.2 Å². The van der Waals surface area contributed by atoms with E-state index in [9.17, 15) is 9.59 Å². The molecule has 2 rings (SSSR count). The Hall–Kier alpha value is -2.27. The number of imide groups is 1. The van der Waals surface area contributed by atoms with Crippen LogP contribution in [0.2, 0.25) is 5.02 Å². The minimum atomic E-state index is -0.785. The fraction of sp³-hybridized carbons (Fsp3) is 0.200. The molecule has 110 valence electrons. The Morgan fingerprint density at radius 2 is 1.86 bits per heavy atom. The first-order valence-corrected chi connectivity index (χ1v) is 6.76. The molecular formula is C15H14ClNO4. The van der Waals surface area contributed by atoms with Crippen LogP contribution in [0.15, 0.2) is 36.4 Å². The molecule has 0 unspecified atom stereocenters. The first-order valence-electron chi connectivity index (χ1n) is 6.38. The van der Waals surface area contributed by atoms with Crippen LogP contribution in [0.1, 0.15) is 6.92 Å². The highest BCUT2D eigenvalue weighted by atomic mass is 35.5. The van der Waals surface area contributed by atoms with Crippen molar-refractivity contribution in [3.8, 4) is 5.75 Å². The van der Waals surface area contributed by atoms with Gasteiger partial charge in [-0.05, 0) is 19.1 Å². The molecule has 0 aliphatic carbocycles. The van der Waals surface area contributed by atoms with E-state index in [0.717, 1.165) is 10.8 Å². The third kappa shape index (κ3) is 3.86. The molecule has 1 N–H and O–H groups in total. The van der Waals surface area contributed by atoms with E-state index in [1.807, 2.05) is 24.3 Å². The van der Waals surface area contributed by atoms with Crippen LogP contribution >= 0.6 is 11.6 Å².